The average molecular weight is 226 g/mol. The van der Waals surface area contributed by atoms with Crippen LogP contribution in [-0.4, -0.2) is 43.5 Å². The molecule has 0 radical (unpaired) electrons. The summed E-state index contributed by atoms with van der Waals surface area (Å²) in [6.07, 6.45) is 1.21. The van der Waals surface area contributed by atoms with Gasteiger partial charge in [0.1, 0.15) is 6.54 Å². The zero-order valence-electron chi connectivity index (χ0n) is 9.13. The number of nitrogens with zero attached hydrogens (tertiary/aromatic N) is 4. The molecular formula is C9H14N4O3. The van der Waals surface area contributed by atoms with E-state index in [9.17, 15) is 9.59 Å². The summed E-state index contributed by atoms with van der Waals surface area (Å²) in [5.74, 6) is -0.531. The molecule has 1 heterocycles. The fraction of sp³-hybridized carbons (Fsp3) is 0.778. The number of azide groups is 1. The van der Waals surface area contributed by atoms with E-state index in [1.165, 1.54) is 7.11 Å². The summed E-state index contributed by atoms with van der Waals surface area (Å²) >= 11 is 0. The molecule has 16 heavy (non-hydrogen) atoms. The first-order chi connectivity index (χ1) is 7.69. The predicted molar refractivity (Wildman–Crippen MR) is 55.3 cm³/mol. The molecule has 7 nitrogen and oxygen atoms in total. The molecule has 1 fully saturated rings. The second-order valence-electron chi connectivity index (χ2n) is 3.57. The van der Waals surface area contributed by atoms with Gasteiger partial charge in [-0.15, -0.1) is 0 Å². The van der Waals surface area contributed by atoms with E-state index in [1.807, 2.05) is 0 Å². The number of carbonyl (C=O) groups is 2. The third kappa shape index (κ3) is 3.13. The van der Waals surface area contributed by atoms with Gasteiger partial charge < -0.3 is 9.64 Å². The van der Waals surface area contributed by atoms with E-state index in [0.717, 1.165) is 0 Å². The molecule has 7 heteroatoms. The lowest BCUT2D eigenvalue weighted by molar-refractivity contribution is -0.148. The summed E-state index contributed by atoms with van der Waals surface area (Å²) in [5.41, 5.74) is 8.09. The average Bonchev–Trinajstić information content (AvgIpc) is 2.35. The third-order valence-electron chi connectivity index (χ3n) is 2.65. The van der Waals surface area contributed by atoms with Crippen molar-refractivity contribution in [1.29, 1.82) is 0 Å². The number of hydrogen-bond acceptors (Lipinski definition) is 4. The van der Waals surface area contributed by atoms with E-state index in [-0.39, 0.29) is 24.3 Å². The maximum Gasteiger partial charge on any atom is 0.308 e. The highest BCUT2D eigenvalue weighted by molar-refractivity contribution is 5.79. The van der Waals surface area contributed by atoms with Crippen LogP contribution in [0.25, 0.3) is 10.4 Å². The molecule has 1 aliphatic heterocycles. The highest BCUT2D eigenvalue weighted by atomic mass is 16.5. The van der Waals surface area contributed by atoms with Crippen molar-refractivity contribution in [1.82, 2.24) is 4.90 Å². The molecule has 88 valence electrons. The van der Waals surface area contributed by atoms with Gasteiger partial charge in [-0.3, -0.25) is 9.59 Å². The lowest BCUT2D eigenvalue weighted by atomic mass is 9.97. The number of ether oxygens (including phenoxy) is 1. The first-order valence-corrected chi connectivity index (χ1v) is 5.05. The van der Waals surface area contributed by atoms with Crippen LogP contribution in [0.4, 0.5) is 0 Å². The number of piperidine rings is 1. The lowest BCUT2D eigenvalue weighted by Crippen LogP contribution is -2.41. The molecular weight excluding hydrogens is 212 g/mol. The first kappa shape index (κ1) is 12.3. The molecule has 0 aromatic carbocycles. The van der Waals surface area contributed by atoms with E-state index in [4.69, 9.17) is 5.53 Å². The van der Waals surface area contributed by atoms with Gasteiger partial charge in [-0.2, -0.15) is 0 Å². The van der Waals surface area contributed by atoms with Crippen molar-refractivity contribution >= 4 is 11.9 Å². The van der Waals surface area contributed by atoms with Gasteiger partial charge in [-0.25, -0.2) is 0 Å². The summed E-state index contributed by atoms with van der Waals surface area (Å²) < 4.78 is 4.64. The Morgan fingerprint density at radius 1 is 1.50 bits per heavy atom. The van der Waals surface area contributed by atoms with Crippen LogP contribution in [0.3, 0.4) is 0 Å². The molecule has 0 unspecified atom stereocenters. The Balaban J connectivity index is 2.39. The monoisotopic (exact) mass is 226 g/mol. The highest BCUT2D eigenvalue weighted by Crippen LogP contribution is 2.18. The standard InChI is InChI=1S/C9H14N4O3/c1-16-9(15)7-2-4-13(5-3-7)8(14)6-11-12-10/h7H,2-6H2,1H3. The zero-order chi connectivity index (χ0) is 12.0. The first-order valence-electron chi connectivity index (χ1n) is 5.05. The molecule has 1 saturated heterocycles. The second kappa shape index (κ2) is 5.97. The fourth-order valence-electron chi connectivity index (χ4n) is 1.72. The van der Waals surface area contributed by atoms with Crippen LogP contribution in [0.1, 0.15) is 12.8 Å². The molecule has 0 spiro atoms. The Morgan fingerprint density at radius 2 is 2.12 bits per heavy atom. The fourth-order valence-corrected chi connectivity index (χ4v) is 1.72. The Labute approximate surface area is 93.0 Å². The maximum absolute atomic E-state index is 11.4. The summed E-state index contributed by atoms with van der Waals surface area (Å²) in [6.45, 7) is 0.874. The Hall–Kier alpha value is -1.75. The molecule has 0 atom stereocenters. The van der Waals surface area contributed by atoms with Crippen molar-refractivity contribution in [3.05, 3.63) is 10.4 Å². The molecule has 0 saturated carbocycles. The van der Waals surface area contributed by atoms with E-state index in [1.54, 1.807) is 4.90 Å². The molecule has 0 aromatic heterocycles. The van der Waals surface area contributed by atoms with Crippen molar-refractivity contribution in [3.63, 3.8) is 0 Å². The van der Waals surface area contributed by atoms with Gasteiger partial charge in [0.05, 0.1) is 13.0 Å². The normalized spacial score (nSPS) is 16.4. The molecule has 0 aromatic rings. The van der Waals surface area contributed by atoms with Crippen LogP contribution < -0.4 is 0 Å². The molecule has 0 aliphatic carbocycles. The number of hydrogen-bond donors (Lipinski definition) is 0. The number of likely N-dealkylation sites (tertiary alicyclic amines) is 1. The lowest BCUT2D eigenvalue weighted by Gasteiger charge is -2.30. The summed E-state index contributed by atoms with van der Waals surface area (Å²) in [5, 5.41) is 3.21. The molecule has 0 N–H and O–H groups in total. The summed E-state index contributed by atoms with van der Waals surface area (Å²) in [7, 11) is 1.36. The SMILES string of the molecule is COC(=O)C1CCN(C(=O)CN=[N+]=[N-])CC1. The smallest absolute Gasteiger partial charge is 0.308 e. The van der Waals surface area contributed by atoms with E-state index >= 15 is 0 Å². The van der Waals surface area contributed by atoms with Crippen LogP contribution in [0.2, 0.25) is 0 Å². The van der Waals surface area contributed by atoms with Crippen LogP contribution in [0.15, 0.2) is 5.11 Å². The van der Waals surface area contributed by atoms with Crippen molar-refractivity contribution in [2.75, 3.05) is 26.7 Å². The van der Waals surface area contributed by atoms with Gasteiger partial charge in [0.25, 0.3) is 0 Å². The Bertz CT molecular complexity index is 317. The Kier molecular flexibility index (Phi) is 4.60. The number of amides is 1. The van der Waals surface area contributed by atoms with E-state index in [2.05, 4.69) is 14.8 Å². The second-order valence-corrected chi connectivity index (χ2v) is 3.57. The van der Waals surface area contributed by atoms with Gasteiger partial charge in [0.2, 0.25) is 5.91 Å². The van der Waals surface area contributed by atoms with Gasteiger partial charge >= 0.3 is 5.97 Å². The topological polar surface area (TPSA) is 95.4 Å². The van der Waals surface area contributed by atoms with Gasteiger partial charge in [-0.1, -0.05) is 5.11 Å². The van der Waals surface area contributed by atoms with E-state index in [0.29, 0.717) is 25.9 Å². The number of carbonyl (C=O) groups excluding carboxylic acids is 2. The van der Waals surface area contributed by atoms with Crippen molar-refractivity contribution in [2.45, 2.75) is 12.8 Å². The van der Waals surface area contributed by atoms with Crippen molar-refractivity contribution < 1.29 is 14.3 Å². The summed E-state index contributed by atoms with van der Waals surface area (Å²) in [4.78, 5) is 26.8. The minimum atomic E-state index is -0.220. The number of esters is 1. The van der Waals surface area contributed by atoms with Crippen LogP contribution in [-0.2, 0) is 14.3 Å². The summed E-state index contributed by atoms with van der Waals surface area (Å²) in [6, 6.07) is 0. The van der Waals surface area contributed by atoms with Gasteiger partial charge in [0, 0.05) is 18.0 Å². The van der Waals surface area contributed by atoms with E-state index < -0.39 is 0 Å². The minimum Gasteiger partial charge on any atom is -0.469 e. The van der Waals surface area contributed by atoms with Crippen molar-refractivity contribution in [3.8, 4) is 0 Å². The van der Waals surface area contributed by atoms with Gasteiger partial charge in [0.15, 0.2) is 0 Å². The quantitative estimate of drug-likeness (QED) is 0.307. The van der Waals surface area contributed by atoms with Crippen LogP contribution in [0.5, 0.6) is 0 Å². The predicted octanol–water partition coefficient (Wildman–Crippen LogP) is 0.708. The number of rotatable bonds is 3. The van der Waals surface area contributed by atoms with Crippen LogP contribution >= 0.6 is 0 Å². The highest BCUT2D eigenvalue weighted by Gasteiger charge is 2.27. The number of methoxy groups -OCH3 is 1. The van der Waals surface area contributed by atoms with Gasteiger partial charge in [-0.05, 0) is 18.4 Å². The van der Waals surface area contributed by atoms with Crippen molar-refractivity contribution in [2.24, 2.45) is 11.0 Å². The minimum absolute atomic E-state index is 0.117. The molecule has 1 amide bonds. The zero-order valence-corrected chi connectivity index (χ0v) is 9.13. The van der Waals surface area contributed by atoms with Crippen LogP contribution in [0, 0.1) is 5.92 Å². The molecule has 1 aliphatic rings. The molecule has 0 bridgehead atoms. The molecule has 1 rings (SSSR count). The Morgan fingerprint density at radius 3 is 2.62 bits per heavy atom. The maximum atomic E-state index is 11.4. The third-order valence-corrected chi connectivity index (χ3v) is 2.65. The largest absolute Gasteiger partial charge is 0.469 e.